The number of aromatic nitrogens is 2. The Labute approximate surface area is 171 Å². The Kier molecular flexibility index (Phi) is 8.88. The fraction of sp³-hybridized carbons (Fsp3) is 0.556. The van der Waals surface area contributed by atoms with Crippen molar-refractivity contribution in [1.29, 1.82) is 0 Å². The molecular formula is C18H28IN5S. The Morgan fingerprint density at radius 3 is 3.04 bits per heavy atom. The Morgan fingerprint density at radius 1 is 1.36 bits per heavy atom. The van der Waals surface area contributed by atoms with E-state index in [0.29, 0.717) is 5.25 Å². The fourth-order valence-corrected chi connectivity index (χ4v) is 4.15. The second-order valence-electron chi connectivity index (χ2n) is 6.06. The molecule has 2 N–H and O–H groups in total. The molecule has 1 aliphatic rings. The summed E-state index contributed by atoms with van der Waals surface area (Å²) in [6.45, 7) is 5.81. The Bertz CT molecular complexity index is 666. The van der Waals surface area contributed by atoms with Gasteiger partial charge in [-0.05, 0) is 44.1 Å². The maximum Gasteiger partial charge on any atom is 0.191 e. The van der Waals surface area contributed by atoms with Crippen molar-refractivity contribution in [1.82, 2.24) is 20.2 Å². The molecule has 0 amide bonds. The Balaban J connectivity index is 0.00000225. The average Bonchev–Trinajstić information content (AvgIpc) is 3.26. The van der Waals surface area contributed by atoms with Gasteiger partial charge in [0.2, 0.25) is 0 Å². The first-order chi connectivity index (χ1) is 11.9. The molecule has 138 valence electrons. The normalized spacial score (nSPS) is 17.5. The third-order valence-corrected chi connectivity index (χ3v) is 5.60. The lowest BCUT2D eigenvalue weighted by molar-refractivity contribution is 0.636. The third-order valence-electron chi connectivity index (χ3n) is 4.22. The zero-order valence-electron chi connectivity index (χ0n) is 14.8. The van der Waals surface area contributed by atoms with E-state index in [1.807, 2.05) is 12.4 Å². The van der Waals surface area contributed by atoms with Crippen LogP contribution >= 0.6 is 35.7 Å². The molecule has 5 nitrogen and oxygen atoms in total. The SMILES string of the molecule is CCNC(=NCC1CCCS1)NCCCn1cnc2ccccc21.I. The van der Waals surface area contributed by atoms with Crippen LogP contribution in [0, 0.1) is 0 Å². The summed E-state index contributed by atoms with van der Waals surface area (Å²) in [5.41, 5.74) is 2.27. The molecule has 0 saturated carbocycles. The summed E-state index contributed by atoms with van der Waals surface area (Å²) < 4.78 is 2.22. The first-order valence-electron chi connectivity index (χ1n) is 8.90. The standard InChI is InChI=1S/C18H27N5S.HI/c1-2-19-18(21-13-15-7-5-12-24-15)20-10-6-11-23-14-22-16-8-3-4-9-17(16)23;/h3-4,8-9,14-15H,2,5-7,10-13H2,1H3,(H2,19,20,21);1H. The third kappa shape index (κ3) is 6.06. The molecule has 0 radical (unpaired) electrons. The van der Waals surface area contributed by atoms with E-state index in [4.69, 9.17) is 4.99 Å². The van der Waals surface area contributed by atoms with Crippen molar-refractivity contribution in [3.63, 3.8) is 0 Å². The number of aryl methyl sites for hydroxylation is 1. The largest absolute Gasteiger partial charge is 0.357 e. The Morgan fingerprint density at radius 2 is 2.24 bits per heavy atom. The minimum Gasteiger partial charge on any atom is -0.357 e. The van der Waals surface area contributed by atoms with Crippen LogP contribution in [0.1, 0.15) is 26.2 Å². The van der Waals surface area contributed by atoms with Gasteiger partial charge in [0.25, 0.3) is 0 Å². The van der Waals surface area contributed by atoms with Crippen LogP contribution in [0.5, 0.6) is 0 Å². The summed E-state index contributed by atoms with van der Waals surface area (Å²) in [5, 5.41) is 7.50. The molecule has 1 aliphatic heterocycles. The van der Waals surface area contributed by atoms with E-state index >= 15 is 0 Å². The lowest BCUT2D eigenvalue weighted by atomic mass is 10.2. The van der Waals surface area contributed by atoms with Crippen molar-refractivity contribution in [2.24, 2.45) is 4.99 Å². The molecule has 2 aromatic rings. The first kappa shape index (κ1) is 20.4. The molecule has 25 heavy (non-hydrogen) atoms. The monoisotopic (exact) mass is 473 g/mol. The number of benzene rings is 1. The van der Waals surface area contributed by atoms with Crippen molar-refractivity contribution >= 4 is 52.7 Å². The van der Waals surface area contributed by atoms with Gasteiger partial charge < -0.3 is 15.2 Å². The second-order valence-corrected chi connectivity index (χ2v) is 7.47. The quantitative estimate of drug-likeness (QED) is 0.280. The van der Waals surface area contributed by atoms with E-state index in [0.717, 1.165) is 44.1 Å². The van der Waals surface area contributed by atoms with Crippen LogP contribution in [0.3, 0.4) is 0 Å². The number of fused-ring (bicyclic) bond motifs is 1. The summed E-state index contributed by atoms with van der Waals surface area (Å²) in [7, 11) is 0. The molecule has 1 aromatic carbocycles. The summed E-state index contributed by atoms with van der Waals surface area (Å²) in [5.74, 6) is 2.24. The predicted octanol–water partition coefficient (Wildman–Crippen LogP) is 3.50. The Hall–Kier alpha value is -0.960. The smallest absolute Gasteiger partial charge is 0.191 e. The van der Waals surface area contributed by atoms with Crippen molar-refractivity contribution < 1.29 is 0 Å². The van der Waals surface area contributed by atoms with E-state index in [1.54, 1.807) is 0 Å². The van der Waals surface area contributed by atoms with E-state index < -0.39 is 0 Å². The van der Waals surface area contributed by atoms with Gasteiger partial charge in [-0.1, -0.05) is 12.1 Å². The van der Waals surface area contributed by atoms with E-state index in [2.05, 4.69) is 57.1 Å². The molecule has 2 heterocycles. The number of nitrogens with zero attached hydrogens (tertiary/aromatic N) is 3. The van der Waals surface area contributed by atoms with Crippen molar-refractivity contribution in [3.8, 4) is 0 Å². The van der Waals surface area contributed by atoms with Crippen LogP contribution in [0.25, 0.3) is 11.0 Å². The number of hydrogen-bond donors (Lipinski definition) is 2. The van der Waals surface area contributed by atoms with Gasteiger partial charge in [0.1, 0.15) is 0 Å². The molecule has 1 aromatic heterocycles. The highest BCUT2D eigenvalue weighted by Crippen LogP contribution is 2.25. The summed E-state index contributed by atoms with van der Waals surface area (Å²) in [6.07, 6.45) is 5.62. The van der Waals surface area contributed by atoms with Gasteiger partial charge >= 0.3 is 0 Å². The van der Waals surface area contributed by atoms with E-state index in [9.17, 15) is 0 Å². The first-order valence-corrected chi connectivity index (χ1v) is 9.95. The van der Waals surface area contributed by atoms with Gasteiger partial charge in [0.15, 0.2) is 5.96 Å². The van der Waals surface area contributed by atoms with Crippen molar-refractivity contribution in [3.05, 3.63) is 30.6 Å². The molecule has 3 rings (SSSR count). The van der Waals surface area contributed by atoms with Gasteiger partial charge in [-0.25, -0.2) is 4.98 Å². The molecule has 7 heteroatoms. The summed E-state index contributed by atoms with van der Waals surface area (Å²) >= 11 is 2.06. The highest BCUT2D eigenvalue weighted by atomic mass is 127. The maximum atomic E-state index is 4.73. The number of thioether (sulfide) groups is 1. The number of para-hydroxylation sites is 2. The van der Waals surface area contributed by atoms with Gasteiger partial charge in [0.05, 0.1) is 23.9 Å². The molecule has 1 unspecified atom stereocenters. The number of aliphatic imine (C=N–C) groups is 1. The molecule has 1 saturated heterocycles. The number of nitrogens with one attached hydrogen (secondary N) is 2. The molecule has 0 bridgehead atoms. The lowest BCUT2D eigenvalue weighted by Crippen LogP contribution is -2.38. The number of imidazole rings is 1. The van der Waals surface area contributed by atoms with Gasteiger partial charge in [-0.3, -0.25) is 4.99 Å². The number of rotatable bonds is 7. The van der Waals surface area contributed by atoms with Crippen molar-refractivity contribution in [2.45, 2.75) is 38.0 Å². The maximum absolute atomic E-state index is 4.73. The molecule has 0 spiro atoms. The van der Waals surface area contributed by atoms with Crippen LogP contribution in [0.4, 0.5) is 0 Å². The predicted molar refractivity (Wildman–Crippen MR) is 119 cm³/mol. The number of guanidine groups is 1. The summed E-state index contributed by atoms with van der Waals surface area (Å²) in [6, 6.07) is 8.28. The van der Waals surface area contributed by atoms with Crippen LogP contribution in [-0.2, 0) is 6.54 Å². The zero-order chi connectivity index (χ0) is 16.6. The van der Waals surface area contributed by atoms with Gasteiger partial charge in [-0.15, -0.1) is 24.0 Å². The van der Waals surface area contributed by atoms with Crippen LogP contribution < -0.4 is 10.6 Å². The fourth-order valence-electron chi connectivity index (χ4n) is 2.97. The minimum absolute atomic E-state index is 0. The van der Waals surface area contributed by atoms with Crippen molar-refractivity contribution in [2.75, 3.05) is 25.4 Å². The van der Waals surface area contributed by atoms with E-state index in [1.165, 1.54) is 24.1 Å². The number of hydrogen-bond acceptors (Lipinski definition) is 3. The second kappa shape index (κ2) is 10.9. The summed E-state index contributed by atoms with van der Waals surface area (Å²) in [4.78, 5) is 9.17. The molecule has 1 fully saturated rings. The minimum atomic E-state index is 0. The van der Waals surface area contributed by atoms with Gasteiger partial charge in [-0.2, -0.15) is 11.8 Å². The van der Waals surface area contributed by atoms with Gasteiger partial charge in [0, 0.05) is 24.9 Å². The number of halogens is 1. The molecule has 1 atom stereocenters. The zero-order valence-corrected chi connectivity index (χ0v) is 17.9. The van der Waals surface area contributed by atoms with Crippen LogP contribution in [0.2, 0.25) is 0 Å². The van der Waals surface area contributed by atoms with E-state index in [-0.39, 0.29) is 24.0 Å². The van der Waals surface area contributed by atoms with Crippen LogP contribution in [0.15, 0.2) is 35.6 Å². The topological polar surface area (TPSA) is 54.2 Å². The average molecular weight is 473 g/mol. The highest BCUT2D eigenvalue weighted by molar-refractivity contribution is 14.0. The highest BCUT2D eigenvalue weighted by Gasteiger charge is 2.14. The molecule has 0 aliphatic carbocycles. The molecular weight excluding hydrogens is 445 g/mol. The lowest BCUT2D eigenvalue weighted by Gasteiger charge is -2.13. The van der Waals surface area contributed by atoms with Crippen LogP contribution in [-0.4, -0.2) is 46.1 Å².